The van der Waals surface area contributed by atoms with Gasteiger partial charge in [0.05, 0.1) is 24.5 Å². The number of nitriles is 1. The molecule has 102 valence electrons. The Labute approximate surface area is 116 Å². The van der Waals surface area contributed by atoms with Gasteiger partial charge in [0.25, 0.3) is 0 Å². The summed E-state index contributed by atoms with van der Waals surface area (Å²) in [6, 6.07) is 10.0. The molecular weight excluding hydrogens is 258 g/mol. The number of carbonyl (C=O) groups is 1. The Balaban J connectivity index is 2.09. The van der Waals surface area contributed by atoms with Crippen molar-refractivity contribution in [1.29, 1.82) is 5.26 Å². The second-order valence-electron chi connectivity index (χ2n) is 3.90. The van der Waals surface area contributed by atoms with Gasteiger partial charge >= 0.3 is 0 Å². The fraction of sp³-hybridized carbons (Fsp3) is 0.200. The van der Waals surface area contributed by atoms with E-state index in [9.17, 15) is 4.79 Å². The topological polar surface area (TPSA) is 72.5 Å². The highest BCUT2D eigenvalue weighted by molar-refractivity contribution is 5.94. The first-order chi connectivity index (χ1) is 9.74. The standard InChI is InChI=1S/C15H13NO4/c1-2-18-15-8-11(9-16)5-6-14(15)20-10-12(17)13-4-3-7-19-13/h3-8H,2,10H2,1H3. The largest absolute Gasteiger partial charge is 0.490 e. The Bertz CT molecular complexity index is 626. The number of carbonyl (C=O) groups excluding carboxylic acids is 1. The molecule has 2 aromatic rings. The van der Waals surface area contributed by atoms with Crippen LogP contribution in [0.2, 0.25) is 0 Å². The lowest BCUT2D eigenvalue weighted by atomic mass is 10.2. The zero-order valence-electron chi connectivity index (χ0n) is 11.0. The zero-order valence-corrected chi connectivity index (χ0v) is 11.0. The number of hydrogen-bond donors (Lipinski definition) is 0. The highest BCUT2D eigenvalue weighted by Gasteiger charge is 2.12. The normalized spacial score (nSPS) is 9.80. The molecule has 0 aliphatic rings. The summed E-state index contributed by atoms with van der Waals surface area (Å²) in [6.45, 7) is 2.12. The average Bonchev–Trinajstić information content (AvgIpc) is 3.00. The molecule has 0 fully saturated rings. The Morgan fingerprint density at radius 3 is 2.80 bits per heavy atom. The quantitative estimate of drug-likeness (QED) is 0.755. The van der Waals surface area contributed by atoms with E-state index in [0.29, 0.717) is 23.7 Å². The monoisotopic (exact) mass is 271 g/mol. The molecule has 0 saturated heterocycles. The molecule has 0 aliphatic carbocycles. The lowest BCUT2D eigenvalue weighted by molar-refractivity contribution is 0.0891. The maximum Gasteiger partial charge on any atom is 0.235 e. The lowest BCUT2D eigenvalue weighted by Gasteiger charge is -2.11. The summed E-state index contributed by atoms with van der Waals surface area (Å²) in [4.78, 5) is 11.8. The van der Waals surface area contributed by atoms with Crippen LogP contribution in [0.1, 0.15) is 23.0 Å². The van der Waals surface area contributed by atoms with Gasteiger partial charge in [0.15, 0.2) is 23.9 Å². The van der Waals surface area contributed by atoms with Crippen molar-refractivity contribution in [3.05, 3.63) is 47.9 Å². The minimum atomic E-state index is -0.262. The molecule has 0 saturated carbocycles. The number of Topliss-reactive ketones (excluding diaryl/α,β-unsaturated/α-hetero) is 1. The predicted octanol–water partition coefficient (Wildman–Crippen LogP) is 2.81. The van der Waals surface area contributed by atoms with Gasteiger partial charge in [-0.05, 0) is 31.2 Å². The van der Waals surface area contributed by atoms with Crippen LogP contribution in [0.3, 0.4) is 0 Å². The summed E-state index contributed by atoms with van der Waals surface area (Å²) >= 11 is 0. The van der Waals surface area contributed by atoms with Gasteiger partial charge in [-0.1, -0.05) is 0 Å². The Kier molecular flexibility index (Phi) is 4.40. The summed E-state index contributed by atoms with van der Waals surface area (Å²) in [5.74, 6) is 0.850. The van der Waals surface area contributed by atoms with Crippen molar-refractivity contribution in [1.82, 2.24) is 0 Å². The van der Waals surface area contributed by atoms with Crippen LogP contribution in [0.5, 0.6) is 11.5 Å². The van der Waals surface area contributed by atoms with Crippen molar-refractivity contribution in [3.8, 4) is 17.6 Å². The third kappa shape index (κ3) is 3.18. The molecule has 0 bridgehead atoms. The molecule has 1 aromatic carbocycles. The molecule has 2 rings (SSSR count). The number of hydrogen-bond acceptors (Lipinski definition) is 5. The lowest BCUT2D eigenvalue weighted by Crippen LogP contribution is -2.11. The van der Waals surface area contributed by atoms with Crippen LogP contribution < -0.4 is 9.47 Å². The maximum absolute atomic E-state index is 11.8. The number of furan rings is 1. The highest BCUT2D eigenvalue weighted by Crippen LogP contribution is 2.28. The van der Waals surface area contributed by atoms with Crippen molar-refractivity contribution in [2.75, 3.05) is 13.2 Å². The first-order valence-corrected chi connectivity index (χ1v) is 6.11. The summed E-state index contributed by atoms with van der Waals surface area (Å²) in [6.07, 6.45) is 1.43. The van der Waals surface area contributed by atoms with E-state index >= 15 is 0 Å². The first kappa shape index (κ1) is 13.7. The van der Waals surface area contributed by atoms with Crippen molar-refractivity contribution in [2.24, 2.45) is 0 Å². The SMILES string of the molecule is CCOc1cc(C#N)ccc1OCC(=O)c1ccco1. The van der Waals surface area contributed by atoms with Gasteiger partial charge in [-0.15, -0.1) is 0 Å². The maximum atomic E-state index is 11.8. The van der Waals surface area contributed by atoms with E-state index in [1.807, 2.05) is 13.0 Å². The third-order valence-electron chi connectivity index (χ3n) is 2.53. The number of benzene rings is 1. The minimum absolute atomic E-state index is 0.153. The van der Waals surface area contributed by atoms with Crippen LogP contribution in [0.4, 0.5) is 0 Å². The van der Waals surface area contributed by atoms with Gasteiger partial charge in [-0.25, -0.2) is 0 Å². The van der Waals surface area contributed by atoms with Crippen molar-refractivity contribution in [3.63, 3.8) is 0 Å². The summed E-state index contributed by atoms with van der Waals surface area (Å²) in [5.41, 5.74) is 0.471. The number of ether oxygens (including phenoxy) is 2. The van der Waals surface area contributed by atoms with Gasteiger partial charge in [-0.2, -0.15) is 5.26 Å². The van der Waals surface area contributed by atoms with Crippen LogP contribution in [-0.4, -0.2) is 19.0 Å². The Morgan fingerprint density at radius 1 is 1.30 bits per heavy atom. The number of rotatable bonds is 6. The molecule has 5 heteroatoms. The van der Waals surface area contributed by atoms with Gasteiger partial charge in [0.2, 0.25) is 5.78 Å². The zero-order chi connectivity index (χ0) is 14.4. The summed E-state index contributed by atoms with van der Waals surface area (Å²) in [5, 5.41) is 8.85. The van der Waals surface area contributed by atoms with E-state index in [1.54, 1.807) is 30.3 Å². The molecule has 0 N–H and O–H groups in total. The van der Waals surface area contributed by atoms with Crippen LogP contribution in [0, 0.1) is 11.3 Å². The number of ketones is 1. The van der Waals surface area contributed by atoms with E-state index in [4.69, 9.17) is 19.2 Å². The fourth-order valence-electron chi connectivity index (χ4n) is 1.62. The Morgan fingerprint density at radius 2 is 2.15 bits per heavy atom. The van der Waals surface area contributed by atoms with Crippen LogP contribution in [0.25, 0.3) is 0 Å². The summed E-state index contributed by atoms with van der Waals surface area (Å²) in [7, 11) is 0. The minimum Gasteiger partial charge on any atom is -0.490 e. The second-order valence-corrected chi connectivity index (χ2v) is 3.90. The van der Waals surface area contributed by atoms with Crippen LogP contribution in [0.15, 0.2) is 41.0 Å². The molecule has 0 atom stereocenters. The number of nitrogens with zero attached hydrogens (tertiary/aromatic N) is 1. The van der Waals surface area contributed by atoms with Gasteiger partial charge in [0, 0.05) is 6.07 Å². The highest BCUT2D eigenvalue weighted by atomic mass is 16.5. The van der Waals surface area contributed by atoms with Crippen molar-refractivity contribution in [2.45, 2.75) is 6.92 Å². The van der Waals surface area contributed by atoms with Crippen LogP contribution in [-0.2, 0) is 0 Å². The van der Waals surface area contributed by atoms with E-state index in [2.05, 4.69) is 0 Å². The molecule has 0 aliphatic heterocycles. The van der Waals surface area contributed by atoms with Gasteiger partial charge < -0.3 is 13.9 Å². The van der Waals surface area contributed by atoms with Crippen LogP contribution >= 0.6 is 0 Å². The second kappa shape index (κ2) is 6.43. The Hall–Kier alpha value is -2.74. The molecule has 0 spiro atoms. The van der Waals surface area contributed by atoms with Gasteiger partial charge in [0.1, 0.15) is 0 Å². The molecule has 1 heterocycles. The predicted molar refractivity (Wildman–Crippen MR) is 70.9 cm³/mol. The summed E-state index contributed by atoms with van der Waals surface area (Å²) < 4.78 is 15.8. The van der Waals surface area contributed by atoms with Crippen molar-refractivity contribution >= 4 is 5.78 Å². The average molecular weight is 271 g/mol. The van der Waals surface area contributed by atoms with E-state index in [-0.39, 0.29) is 18.2 Å². The fourth-order valence-corrected chi connectivity index (χ4v) is 1.62. The van der Waals surface area contributed by atoms with E-state index < -0.39 is 0 Å². The van der Waals surface area contributed by atoms with E-state index in [1.165, 1.54) is 6.26 Å². The van der Waals surface area contributed by atoms with Gasteiger partial charge in [-0.3, -0.25) is 4.79 Å². The molecular formula is C15H13NO4. The van der Waals surface area contributed by atoms with Crippen molar-refractivity contribution < 1.29 is 18.7 Å². The smallest absolute Gasteiger partial charge is 0.235 e. The molecule has 0 unspecified atom stereocenters. The molecule has 0 radical (unpaired) electrons. The molecule has 5 nitrogen and oxygen atoms in total. The third-order valence-corrected chi connectivity index (χ3v) is 2.53. The molecule has 20 heavy (non-hydrogen) atoms. The molecule has 0 amide bonds. The van der Waals surface area contributed by atoms with E-state index in [0.717, 1.165) is 0 Å². The first-order valence-electron chi connectivity index (χ1n) is 6.11. The molecule has 1 aromatic heterocycles.